The molecule has 0 unspecified atom stereocenters. The van der Waals surface area contributed by atoms with Gasteiger partial charge in [0.05, 0.1) is 47.9 Å². The number of benzene rings is 1. The molecule has 3 aliphatic heterocycles. The lowest BCUT2D eigenvalue weighted by atomic mass is 9.71. The first-order chi connectivity index (χ1) is 14.4. The molecule has 0 radical (unpaired) electrons. The Morgan fingerprint density at radius 3 is 2.83 bits per heavy atom. The van der Waals surface area contributed by atoms with Crippen LogP contribution in [0.4, 0.5) is 5.69 Å². The largest absolute Gasteiger partial charge is 0.466 e. The molecule has 1 spiro atoms. The van der Waals surface area contributed by atoms with Crippen molar-refractivity contribution in [1.82, 2.24) is 4.90 Å². The van der Waals surface area contributed by atoms with Crippen LogP contribution in [0, 0.1) is 11.8 Å². The number of nitrogens with zero attached hydrogens (tertiary/aromatic N) is 1. The van der Waals surface area contributed by atoms with Gasteiger partial charge in [0.15, 0.2) is 0 Å². The van der Waals surface area contributed by atoms with Crippen LogP contribution in [0.1, 0.15) is 26.7 Å². The maximum atomic E-state index is 13.4. The van der Waals surface area contributed by atoms with Crippen LogP contribution in [0.2, 0.25) is 5.02 Å². The van der Waals surface area contributed by atoms with E-state index in [1.54, 1.807) is 38.1 Å². The van der Waals surface area contributed by atoms with Crippen molar-refractivity contribution in [2.45, 2.75) is 50.5 Å². The third kappa shape index (κ3) is 3.01. The molecule has 4 rings (SSSR count). The molecule has 3 fully saturated rings. The van der Waals surface area contributed by atoms with E-state index in [0.717, 1.165) is 0 Å². The number of halogens is 1. The number of rotatable bonds is 6. The molecule has 1 aromatic carbocycles. The van der Waals surface area contributed by atoms with Crippen LogP contribution in [-0.4, -0.2) is 64.8 Å². The van der Waals surface area contributed by atoms with Gasteiger partial charge in [-0.2, -0.15) is 0 Å². The number of likely N-dealkylation sites (tertiary alicyclic amines) is 1. The number of carbonyl (C=O) groups excluding carboxylic acids is 3. The van der Waals surface area contributed by atoms with E-state index in [9.17, 15) is 19.5 Å². The molecule has 2 N–H and O–H groups in total. The number of ether oxygens (including phenoxy) is 2. The summed E-state index contributed by atoms with van der Waals surface area (Å²) in [6.07, 6.45) is 0.573. The minimum absolute atomic E-state index is 0.198. The normalized spacial score (nSPS) is 32.8. The van der Waals surface area contributed by atoms with Gasteiger partial charge in [0.2, 0.25) is 11.8 Å². The van der Waals surface area contributed by atoms with Gasteiger partial charge in [-0.1, -0.05) is 23.7 Å². The summed E-state index contributed by atoms with van der Waals surface area (Å²) >= 11 is 6.19. The molecule has 0 saturated carbocycles. The summed E-state index contributed by atoms with van der Waals surface area (Å²) in [5.74, 6) is -2.87. The summed E-state index contributed by atoms with van der Waals surface area (Å²) in [5, 5.41) is 12.9. The van der Waals surface area contributed by atoms with Crippen molar-refractivity contribution in [3.05, 3.63) is 29.3 Å². The van der Waals surface area contributed by atoms with Gasteiger partial charge in [0, 0.05) is 0 Å². The van der Waals surface area contributed by atoms with Gasteiger partial charge in [-0.25, -0.2) is 0 Å². The summed E-state index contributed by atoms with van der Waals surface area (Å²) in [7, 11) is 0. The highest BCUT2D eigenvalue weighted by atomic mass is 35.5. The Kier molecular flexibility index (Phi) is 5.50. The van der Waals surface area contributed by atoms with Crippen LogP contribution in [-0.2, 0) is 23.9 Å². The molecule has 2 bridgehead atoms. The van der Waals surface area contributed by atoms with Crippen molar-refractivity contribution in [2.24, 2.45) is 11.8 Å². The van der Waals surface area contributed by atoms with Gasteiger partial charge in [-0.05, 0) is 38.8 Å². The SMILES string of the molecule is CCOC(=O)[C@@H]1[C@@H]2CC[C@]3(O2)[C@H](C(=O)Nc2ccccc2Cl)N([C@H](C)CO)C(=O)[C@@H]13. The number of para-hydroxylation sites is 1. The number of aliphatic hydroxyl groups is 1. The van der Waals surface area contributed by atoms with Crippen molar-refractivity contribution < 1.29 is 29.0 Å². The fourth-order valence-electron chi connectivity index (χ4n) is 5.22. The van der Waals surface area contributed by atoms with Gasteiger partial charge < -0.3 is 24.8 Å². The Morgan fingerprint density at radius 1 is 1.43 bits per heavy atom. The molecule has 30 heavy (non-hydrogen) atoms. The van der Waals surface area contributed by atoms with E-state index in [2.05, 4.69) is 5.32 Å². The summed E-state index contributed by atoms with van der Waals surface area (Å²) in [6.45, 7) is 3.25. The second-order valence-electron chi connectivity index (χ2n) is 8.05. The predicted octanol–water partition coefficient (Wildman–Crippen LogP) is 1.60. The first kappa shape index (κ1) is 21.1. The second kappa shape index (κ2) is 7.83. The van der Waals surface area contributed by atoms with Crippen molar-refractivity contribution in [3.63, 3.8) is 0 Å². The van der Waals surface area contributed by atoms with Crippen molar-refractivity contribution in [2.75, 3.05) is 18.5 Å². The van der Waals surface area contributed by atoms with E-state index in [-0.39, 0.29) is 19.1 Å². The molecule has 162 valence electrons. The third-order valence-corrected chi connectivity index (χ3v) is 6.75. The smallest absolute Gasteiger partial charge is 0.312 e. The molecule has 0 aromatic heterocycles. The highest BCUT2D eigenvalue weighted by Crippen LogP contribution is 2.59. The van der Waals surface area contributed by atoms with Crippen LogP contribution in [0.15, 0.2) is 24.3 Å². The van der Waals surface area contributed by atoms with E-state index < -0.39 is 47.5 Å². The first-order valence-electron chi connectivity index (χ1n) is 10.2. The summed E-state index contributed by atoms with van der Waals surface area (Å²) < 4.78 is 11.4. The molecule has 3 heterocycles. The maximum absolute atomic E-state index is 13.4. The maximum Gasteiger partial charge on any atom is 0.312 e. The standard InChI is InChI=1S/C21H25ClN2O6/c1-3-29-20(28)15-14-8-9-21(30-14)16(15)19(27)24(11(2)10-25)17(21)18(26)23-13-7-5-4-6-12(13)22/h4-7,11,14-17,25H,3,8-10H2,1-2H3,(H,23,26)/t11-,14+,15-,16-,17+,21-/m1/s1. The van der Waals surface area contributed by atoms with Gasteiger partial charge in [0.25, 0.3) is 0 Å². The van der Waals surface area contributed by atoms with Crippen molar-refractivity contribution >= 4 is 35.1 Å². The van der Waals surface area contributed by atoms with Crippen LogP contribution < -0.4 is 5.32 Å². The highest BCUT2D eigenvalue weighted by Gasteiger charge is 2.75. The Hall–Kier alpha value is -2.16. The topological polar surface area (TPSA) is 105 Å². The number of amides is 2. The number of fused-ring (bicyclic) bond motifs is 1. The lowest BCUT2D eigenvalue weighted by Crippen LogP contribution is -2.55. The Balaban J connectivity index is 1.73. The predicted molar refractivity (Wildman–Crippen MR) is 108 cm³/mol. The number of esters is 1. The van der Waals surface area contributed by atoms with E-state index in [1.165, 1.54) is 4.90 Å². The number of hydrogen-bond donors (Lipinski definition) is 2. The Bertz CT molecular complexity index is 879. The van der Waals surface area contributed by atoms with Crippen LogP contribution >= 0.6 is 11.6 Å². The van der Waals surface area contributed by atoms with E-state index in [4.69, 9.17) is 21.1 Å². The lowest BCUT2D eigenvalue weighted by Gasteiger charge is -2.35. The quantitative estimate of drug-likeness (QED) is 0.656. The van der Waals surface area contributed by atoms with Gasteiger partial charge in [-0.3, -0.25) is 14.4 Å². The molecule has 1 aromatic rings. The Labute approximate surface area is 179 Å². The van der Waals surface area contributed by atoms with Crippen molar-refractivity contribution in [3.8, 4) is 0 Å². The molecular weight excluding hydrogens is 412 g/mol. The fourth-order valence-corrected chi connectivity index (χ4v) is 5.41. The van der Waals surface area contributed by atoms with Crippen molar-refractivity contribution in [1.29, 1.82) is 0 Å². The second-order valence-corrected chi connectivity index (χ2v) is 8.46. The monoisotopic (exact) mass is 436 g/mol. The number of nitrogens with one attached hydrogen (secondary N) is 1. The first-order valence-corrected chi connectivity index (χ1v) is 10.6. The van der Waals surface area contributed by atoms with Crippen LogP contribution in [0.25, 0.3) is 0 Å². The lowest BCUT2D eigenvalue weighted by molar-refractivity contribution is -0.155. The average molecular weight is 437 g/mol. The average Bonchev–Trinajstić information content (AvgIpc) is 3.36. The molecule has 3 saturated heterocycles. The zero-order valence-electron chi connectivity index (χ0n) is 16.8. The number of anilines is 1. The fraction of sp³-hybridized carbons (Fsp3) is 0.571. The van der Waals surface area contributed by atoms with E-state index >= 15 is 0 Å². The van der Waals surface area contributed by atoms with Gasteiger partial charge in [0.1, 0.15) is 11.6 Å². The van der Waals surface area contributed by atoms with Crippen LogP contribution in [0.5, 0.6) is 0 Å². The molecule has 2 amide bonds. The minimum Gasteiger partial charge on any atom is -0.466 e. The molecule has 3 aliphatic rings. The molecule has 8 nitrogen and oxygen atoms in total. The highest BCUT2D eigenvalue weighted by molar-refractivity contribution is 6.33. The molecule has 9 heteroatoms. The zero-order chi connectivity index (χ0) is 21.6. The molecular formula is C21H25ClN2O6. The van der Waals surface area contributed by atoms with Gasteiger partial charge >= 0.3 is 5.97 Å². The van der Waals surface area contributed by atoms with E-state index in [0.29, 0.717) is 23.6 Å². The molecule has 6 atom stereocenters. The van der Waals surface area contributed by atoms with E-state index in [1.807, 2.05) is 0 Å². The minimum atomic E-state index is -1.13. The van der Waals surface area contributed by atoms with Crippen LogP contribution in [0.3, 0.4) is 0 Å². The van der Waals surface area contributed by atoms with Gasteiger partial charge in [-0.15, -0.1) is 0 Å². The summed E-state index contributed by atoms with van der Waals surface area (Å²) in [5.41, 5.74) is -0.712. The Morgan fingerprint density at radius 2 is 2.17 bits per heavy atom. The third-order valence-electron chi connectivity index (χ3n) is 6.42. The summed E-state index contributed by atoms with van der Waals surface area (Å²) in [6, 6.07) is 5.20. The number of hydrogen-bond acceptors (Lipinski definition) is 6. The zero-order valence-corrected chi connectivity index (χ0v) is 17.6. The molecule has 0 aliphatic carbocycles. The number of aliphatic hydroxyl groups excluding tert-OH is 1. The summed E-state index contributed by atoms with van der Waals surface area (Å²) in [4.78, 5) is 40.9. The number of carbonyl (C=O) groups is 3.